The van der Waals surface area contributed by atoms with Crippen LogP contribution >= 0.6 is 0 Å². The van der Waals surface area contributed by atoms with Gasteiger partial charge in [-0.1, -0.05) is 12.1 Å². The summed E-state index contributed by atoms with van der Waals surface area (Å²) in [5, 5.41) is 18.0. The molecule has 0 aliphatic heterocycles. The average Bonchev–Trinajstić information content (AvgIpc) is 2.36. The SMILES string of the molecule is OB(O)c1cc(F)cc(OCc2cccc(F)c2)c1. The Hall–Kier alpha value is -1.92. The Kier molecular flexibility index (Phi) is 4.14. The lowest BCUT2D eigenvalue weighted by Gasteiger charge is -2.08. The highest BCUT2D eigenvalue weighted by molar-refractivity contribution is 6.58. The maximum absolute atomic E-state index is 13.2. The summed E-state index contributed by atoms with van der Waals surface area (Å²) in [6.45, 7) is 0.0577. The second-order valence-electron chi connectivity index (χ2n) is 4.01. The second-order valence-corrected chi connectivity index (χ2v) is 4.01. The minimum Gasteiger partial charge on any atom is -0.489 e. The fourth-order valence-corrected chi connectivity index (χ4v) is 1.61. The summed E-state index contributed by atoms with van der Waals surface area (Å²) in [6.07, 6.45) is 0. The summed E-state index contributed by atoms with van der Waals surface area (Å²) < 4.78 is 31.5. The third kappa shape index (κ3) is 3.77. The van der Waals surface area contributed by atoms with Crippen LogP contribution in [0.4, 0.5) is 8.78 Å². The molecule has 0 aliphatic rings. The highest BCUT2D eigenvalue weighted by Crippen LogP contribution is 2.14. The van der Waals surface area contributed by atoms with Gasteiger partial charge in [0, 0.05) is 6.07 Å². The van der Waals surface area contributed by atoms with Crippen molar-refractivity contribution in [1.29, 1.82) is 0 Å². The van der Waals surface area contributed by atoms with Gasteiger partial charge in [-0.15, -0.1) is 0 Å². The summed E-state index contributed by atoms with van der Waals surface area (Å²) in [6, 6.07) is 9.26. The van der Waals surface area contributed by atoms with Gasteiger partial charge >= 0.3 is 7.12 Å². The Labute approximate surface area is 109 Å². The van der Waals surface area contributed by atoms with Crippen molar-refractivity contribution >= 4 is 12.6 Å². The molecule has 0 saturated heterocycles. The Balaban J connectivity index is 2.11. The normalized spacial score (nSPS) is 10.3. The van der Waals surface area contributed by atoms with E-state index in [0.29, 0.717) is 5.56 Å². The van der Waals surface area contributed by atoms with E-state index < -0.39 is 12.9 Å². The smallest absolute Gasteiger partial charge is 0.488 e. The lowest BCUT2D eigenvalue weighted by Crippen LogP contribution is -2.30. The molecule has 0 unspecified atom stereocenters. The third-order valence-corrected chi connectivity index (χ3v) is 2.49. The standard InChI is InChI=1S/C13H11BF2O3/c15-11-3-1-2-9(4-11)8-19-13-6-10(14(17)18)5-12(16)7-13/h1-7,17-18H,8H2. The topological polar surface area (TPSA) is 49.7 Å². The Morgan fingerprint density at radius 1 is 1.00 bits per heavy atom. The van der Waals surface area contributed by atoms with E-state index in [0.717, 1.165) is 12.1 Å². The molecule has 3 nitrogen and oxygen atoms in total. The molecule has 0 aromatic heterocycles. The molecule has 0 heterocycles. The van der Waals surface area contributed by atoms with Crippen LogP contribution in [-0.4, -0.2) is 17.2 Å². The molecule has 19 heavy (non-hydrogen) atoms. The molecular formula is C13H11BF2O3. The first-order valence-corrected chi connectivity index (χ1v) is 5.58. The molecule has 0 bridgehead atoms. The minimum absolute atomic E-state index is 0.00533. The van der Waals surface area contributed by atoms with Crippen molar-refractivity contribution in [2.24, 2.45) is 0 Å². The maximum Gasteiger partial charge on any atom is 0.488 e. The van der Waals surface area contributed by atoms with E-state index >= 15 is 0 Å². The molecule has 0 radical (unpaired) electrons. The summed E-state index contributed by atoms with van der Waals surface area (Å²) >= 11 is 0. The van der Waals surface area contributed by atoms with E-state index in [1.807, 2.05) is 0 Å². The molecular weight excluding hydrogens is 253 g/mol. The van der Waals surface area contributed by atoms with E-state index in [1.54, 1.807) is 12.1 Å². The van der Waals surface area contributed by atoms with E-state index in [1.165, 1.54) is 18.2 Å². The molecule has 98 valence electrons. The third-order valence-electron chi connectivity index (χ3n) is 2.49. The Morgan fingerprint density at radius 3 is 2.47 bits per heavy atom. The summed E-state index contributed by atoms with van der Waals surface area (Å²) in [4.78, 5) is 0. The van der Waals surface area contributed by atoms with Crippen molar-refractivity contribution in [3.05, 3.63) is 59.7 Å². The maximum atomic E-state index is 13.2. The number of ether oxygens (including phenoxy) is 1. The first-order valence-electron chi connectivity index (χ1n) is 5.58. The molecule has 0 fully saturated rings. The van der Waals surface area contributed by atoms with Gasteiger partial charge in [-0.05, 0) is 35.3 Å². The van der Waals surface area contributed by atoms with E-state index in [2.05, 4.69) is 0 Å². The zero-order chi connectivity index (χ0) is 13.8. The van der Waals surface area contributed by atoms with E-state index in [-0.39, 0.29) is 23.6 Å². The van der Waals surface area contributed by atoms with Crippen molar-refractivity contribution < 1.29 is 23.6 Å². The molecule has 2 N–H and O–H groups in total. The Morgan fingerprint density at radius 2 is 1.79 bits per heavy atom. The summed E-state index contributed by atoms with van der Waals surface area (Å²) in [5.74, 6) is -0.876. The quantitative estimate of drug-likeness (QED) is 0.816. The second kappa shape index (κ2) is 5.82. The van der Waals surface area contributed by atoms with Gasteiger partial charge in [0.25, 0.3) is 0 Å². The van der Waals surface area contributed by atoms with E-state index in [9.17, 15) is 8.78 Å². The molecule has 2 aromatic rings. The van der Waals surface area contributed by atoms with Crippen LogP contribution in [0.2, 0.25) is 0 Å². The molecule has 2 aromatic carbocycles. The number of halogens is 2. The summed E-state index contributed by atoms with van der Waals surface area (Å²) in [7, 11) is -1.77. The highest BCUT2D eigenvalue weighted by atomic mass is 19.1. The first-order chi connectivity index (χ1) is 9.04. The van der Waals surface area contributed by atoms with Crippen LogP contribution in [0.5, 0.6) is 5.75 Å². The zero-order valence-corrected chi connectivity index (χ0v) is 9.88. The van der Waals surface area contributed by atoms with Gasteiger partial charge in [0.15, 0.2) is 0 Å². The molecule has 0 amide bonds. The lowest BCUT2D eigenvalue weighted by atomic mass is 9.80. The van der Waals surface area contributed by atoms with Gasteiger partial charge in [-0.25, -0.2) is 8.78 Å². The molecule has 0 saturated carbocycles. The van der Waals surface area contributed by atoms with Gasteiger partial charge in [-0.2, -0.15) is 0 Å². The first kappa shape index (κ1) is 13.5. The molecule has 0 aliphatic carbocycles. The molecule has 6 heteroatoms. The largest absolute Gasteiger partial charge is 0.489 e. The van der Waals surface area contributed by atoms with Crippen LogP contribution in [0.3, 0.4) is 0 Å². The van der Waals surface area contributed by atoms with Crippen LogP contribution in [0, 0.1) is 11.6 Å². The van der Waals surface area contributed by atoms with E-state index in [4.69, 9.17) is 14.8 Å². The van der Waals surface area contributed by atoms with Crippen LogP contribution in [-0.2, 0) is 6.61 Å². The molecule has 0 atom stereocenters. The molecule has 0 spiro atoms. The fraction of sp³-hybridized carbons (Fsp3) is 0.0769. The predicted molar refractivity (Wildman–Crippen MR) is 67.0 cm³/mol. The lowest BCUT2D eigenvalue weighted by molar-refractivity contribution is 0.304. The van der Waals surface area contributed by atoms with Crippen molar-refractivity contribution in [3.8, 4) is 5.75 Å². The van der Waals surface area contributed by atoms with Crippen molar-refractivity contribution in [1.82, 2.24) is 0 Å². The number of rotatable bonds is 4. The number of benzene rings is 2. The average molecular weight is 264 g/mol. The zero-order valence-electron chi connectivity index (χ0n) is 9.88. The van der Waals surface area contributed by atoms with Gasteiger partial charge in [0.2, 0.25) is 0 Å². The van der Waals surface area contributed by atoms with Crippen LogP contribution in [0.1, 0.15) is 5.56 Å². The Bertz CT molecular complexity index is 576. The monoisotopic (exact) mass is 264 g/mol. The fourth-order valence-electron chi connectivity index (χ4n) is 1.61. The van der Waals surface area contributed by atoms with Crippen LogP contribution in [0.15, 0.2) is 42.5 Å². The van der Waals surface area contributed by atoms with Crippen molar-refractivity contribution in [2.45, 2.75) is 6.61 Å². The van der Waals surface area contributed by atoms with Gasteiger partial charge in [0.1, 0.15) is 24.0 Å². The highest BCUT2D eigenvalue weighted by Gasteiger charge is 2.13. The van der Waals surface area contributed by atoms with Gasteiger partial charge in [0.05, 0.1) is 0 Å². The van der Waals surface area contributed by atoms with Gasteiger partial charge in [-0.3, -0.25) is 0 Å². The van der Waals surface area contributed by atoms with Crippen molar-refractivity contribution in [2.75, 3.05) is 0 Å². The summed E-state index contributed by atoms with van der Waals surface area (Å²) in [5.41, 5.74) is 0.588. The van der Waals surface area contributed by atoms with Gasteiger partial charge < -0.3 is 14.8 Å². The van der Waals surface area contributed by atoms with Crippen molar-refractivity contribution in [3.63, 3.8) is 0 Å². The minimum atomic E-state index is -1.77. The number of hydrogen-bond acceptors (Lipinski definition) is 3. The predicted octanol–water partition coefficient (Wildman–Crippen LogP) is 1.22. The van der Waals surface area contributed by atoms with Crippen LogP contribution in [0.25, 0.3) is 0 Å². The number of hydrogen-bond donors (Lipinski definition) is 2. The van der Waals surface area contributed by atoms with Crippen LogP contribution < -0.4 is 10.2 Å². The molecule has 2 rings (SSSR count).